The van der Waals surface area contributed by atoms with Crippen molar-refractivity contribution in [3.05, 3.63) is 42.2 Å². The molecule has 1 aromatic carbocycles. The van der Waals surface area contributed by atoms with E-state index in [0.29, 0.717) is 0 Å². The first-order valence-corrected chi connectivity index (χ1v) is 7.38. The second-order valence-corrected chi connectivity index (χ2v) is 5.79. The third-order valence-electron chi connectivity index (χ3n) is 4.41. The molecule has 1 N–H and O–H groups in total. The topological polar surface area (TPSA) is 34.2 Å². The monoisotopic (exact) mass is 270 g/mol. The van der Waals surface area contributed by atoms with Crippen LogP contribution in [0.3, 0.4) is 0 Å². The molecule has 3 nitrogen and oxygen atoms in total. The number of hydrogen-bond donors (Lipinski definition) is 1. The molecular weight excluding hydrogens is 248 g/mol. The summed E-state index contributed by atoms with van der Waals surface area (Å²) in [5.74, 6) is 0. The highest BCUT2D eigenvalue weighted by molar-refractivity contribution is 5.85. The molecule has 3 heteroatoms. The highest BCUT2D eigenvalue weighted by atomic mass is 16.5. The predicted molar refractivity (Wildman–Crippen MR) is 81.8 cm³/mol. The largest absolute Gasteiger partial charge is 0.373 e. The quantitative estimate of drug-likeness (QED) is 0.927. The second-order valence-electron chi connectivity index (χ2n) is 5.79. The van der Waals surface area contributed by atoms with Crippen LogP contribution in [-0.4, -0.2) is 24.2 Å². The van der Waals surface area contributed by atoms with E-state index in [0.717, 1.165) is 13.0 Å². The van der Waals surface area contributed by atoms with Gasteiger partial charge in [0, 0.05) is 24.4 Å². The van der Waals surface area contributed by atoms with E-state index in [1.54, 1.807) is 0 Å². The Morgan fingerprint density at radius 3 is 2.85 bits per heavy atom. The highest BCUT2D eigenvalue weighted by Crippen LogP contribution is 2.38. The molecule has 2 atom stereocenters. The van der Waals surface area contributed by atoms with Gasteiger partial charge >= 0.3 is 0 Å². The van der Waals surface area contributed by atoms with E-state index in [1.807, 2.05) is 19.4 Å². The van der Waals surface area contributed by atoms with Crippen LogP contribution in [0.15, 0.2) is 36.7 Å². The summed E-state index contributed by atoms with van der Waals surface area (Å²) in [5.41, 5.74) is 1.08. The number of benzene rings is 1. The lowest BCUT2D eigenvalue weighted by Crippen LogP contribution is -2.45. The lowest BCUT2D eigenvalue weighted by atomic mass is 9.83. The van der Waals surface area contributed by atoms with Crippen LogP contribution in [-0.2, 0) is 4.74 Å². The van der Waals surface area contributed by atoms with Gasteiger partial charge in [-0.1, -0.05) is 24.3 Å². The molecule has 1 saturated heterocycles. The van der Waals surface area contributed by atoms with Crippen LogP contribution >= 0.6 is 0 Å². The van der Waals surface area contributed by atoms with Gasteiger partial charge in [-0.25, -0.2) is 0 Å². The standard InChI is InChI=1S/C17H22N2O/c1-17(9-5-6-10-20-17)16(18-2)15-12-19-11-13-7-3-4-8-14(13)15/h3-4,7-8,11-12,16,18H,5-6,9-10H2,1-2H3. The predicted octanol–water partition coefficient (Wildman–Crippen LogP) is 3.45. The van der Waals surface area contributed by atoms with E-state index in [2.05, 4.69) is 41.5 Å². The van der Waals surface area contributed by atoms with Gasteiger partial charge in [0.15, 0.2) is 0 Å². The maximum absolute atomic E-state index is 6.13. The average molecular weight is 270 g/mol. The van der Waals surface area contributed by atoms with Gasteiger partial charge in [0.25, 0.3) is 0 Å². The number of hydrogen-bond acceptors (Lipinski definition) is 3. The van der Waals surface area contributed by atoms with Crippen molar-refractivity contribution >= 4 is 10.8 Å². The van der Waals surface area contributed by atoms with Crippen molar-refractivity contribution < 1.29 is 4.74 Å². The van der Waals surface area contributed by atoms with Crippen LogP contribution in [0.5, 0.6) is 0 Å². The van der Waals surface area contributed by atoms with Gasteiger partial charge in [0.1, 0.15) is 0 Å². The van der Waals surface area contributed by atoms with E-state index in [9.17, 15) is 0 Å². The fourth-order valence-corrected chi connectivity index (χ4v) is 3.34. The number of likely N-dealkylation sites (N-methyl/N-ethyl adjacent to an activating group) is 1. The minimum Gasteiger partial charge on any atom is -0.373 e. The zero-order chi connectivity index (χ0) is 14.0. The average Bonchev–Trinajstić information content (AvgIpc) is 2.49. The molecule has 0 bridgehead atoms. The zero-order valence-electron chi connectivity index (χ0n) is 12.2. The molecule has 20 heavy (non-hydrogen) atoms. The molecule has 2 heterocycles. The van der Waals surface area contributed by atoms with Crippen LogP contribution in [0.25, 0.3) is 10.8 Å². The third kappa shape index (κ3) is 2.32. The van der Waals surface area contributed by atoms with Crippen molar-refractivity contribution in [2.45, 2.75) is 37.8 Å². The van der Waals surface area contributed by atoms with Crippen LogP contribution in [0.1, 0.15) is 37.8 Å². The lowest BCUT2D eigenvalue weighted by Gasteiger charge is -2.41. The summed E-state index contributed by atoms with van der Waals surface area (Å²) < 4.78 is 6.13. The van der Waals surface area contributed by atoms with Crippen molar-refractivity contribution in [3.8, 4) is 0 Å². The molecule has 0 amide bonds. The van der Waals surface area contributed by atoms with Crippen molar-refractivity contribution in [2.75, 3.05) is 13.7 Å². The summed E-state index contributed by atoms with van der Waals surface area (Å²) >= 11 is 0. The normalized spacial score (nSPS) is 24.7. The van der Waals surface area contributed by atoms with E-state index in [1.165, 1.54) is 29.2 Å². The van der Waals surface area contributed by atoms with E-state index in [-0.39, 0.29) is 11.6 Å². The minimum absolute atomic E-state index is 0.154. The van der Waals surface area contributed by atoms with E-state index in [4.69, 9.17) is 4.74 Å². The minimum atomic E-state index is -0.154. The molecular formula is C17H22N2O. The summed E-state index contributed by atoms with van der Waals surface area (Å²) in [6.45, 7) is 3.07. The van der Waals surface area contributed by atoms with Gasteiger partial charge < -0.3 is 10.1 Å². The Morgan fingerprint density at radius 1 is 1.25 bits per heavy atom. The van der Waals surface area contributed by atoms with Gasteiger partial charge in [-0.3, -0.25) is 4.98 Å². The maximum atomic E-state index is 6.13. The summed E-state index contributed by atoms with van der Waals surface area (Å²) in [6.07, 6.45) is 7.39. The van der Waals surface area contributed by atoms with Gasteiger partial charge in [-0.05, 0) is 44.2 Å². The number of nitrogens with one attached hydrogen (secondary N) is 1. The molecule has 1 aliphatic rings. The first kappa shape index (κ1) is 13.5. The zero-order valence-corrected chi connectivity index (χ0v) is 12.2. The van der Waals surface area contributed by atoms with Gasteiger partial charge in [-0.15, -0.1) is 0 Å². The van der Waals surface area contributed by atoms with Crippen molar-refractivity contribution in [3.63, 3.8) is 0 Å². The number of fused-ring (bicyclic) bond motifs is 1. The van der Waals surface area contributed by atoms with Crippen molar-refractivity contribution in [1.29, 1.82) is 0 Å². The Bertz CT molecular complexity index is 585. The molecule has 1 aliphatic heterocycles. The van der Waals surface area contributed by atoms with Gasteiger partial charge in [-0.2, -0.15) is 0 Å². The fourth-order valence-electron chi connectivity index (χ4n) is 3.34. The molecule has 1 aromatic heterocycles. The van der Waals surface area contributed by atoms with E-state index >= 15 is 0 Å². The Kier molecular flexibility index (Phi) is 3.72. The van der Waals surface area contributed by atoms with Crippen LogP contribution in [0.4, 0.5) is 0 Å². The molecule has 2 aromatic rings. The van der Waals surface area contributed by atoms with Crippen LogP contribution in [0.2, 0.25) is 0 Å². The Morgan fingerprint density at radius 2 is 2.10 bits per heavy atom. The Labute approximate surface area is 120 Å². The smallest absolute Gasteiger partial charge is 0.0849 e. The molecule has 1 fully saturated rings. The Balaban J connectivity index is 2.07. The number of aromatic nitrogens is 1. The summed E-state index contributed by atoms with van der Waals surface area (Å²) in [6, 6.07) is 8.59. The summed E-state index contributed by atoms with van der Waals surface area (Å²) in [7, 11) is 2.01. The number of ether oxygens (including phenoxy) is 1. The summed E-state index contributed by atoms with van der Waals surface area (Å²) in [5, 5.41) is 5.90. The fraction of sp³-hybridized carbons (Fsp3) is 0.471. The van der Waals surface area contributed by atoms with Gasteiger partial charge in [0.2, 0.25) is 0 Å². The second kappa shape index (κ2) is 5.51. The molecule has 3 rings (SSSR count). The highest BCUT2D eigenvalue weighted by Gasteiger charge is 2.37. The van der Waals surface area contributed by atoms with Crippen LogP contribution < -0.4 is 5.32 Å². The molecule has 0 aliphatic carbocycles. The molecule has 2 unspecified atom stereocenters. The van der Waals surface area contributed by atoms with Gasteiger partial charge in [0.05, 0.1) is 11.6 Å². The molecule has 106 valence electrons. The number of rotatable bonds is 3. The molecule has 0 radical (unpaired) electrons. The first-order chi connectivity index (χ1) is 9.74. The Hall–Kier alpha value is -1.45. The molecule has 0 spiro atoms. The number of pyridine rings is 1. The van der Waals surface area contributed by atoms with Crippen molar-refractivity contribution in [2.24, 2.45) is 0 Å². The summed E-state index contributed by atoms with van der Waals surface area (Å²) in [4.78, 5) is 4.41. The van der Waals surface area contributed by atoms with Crippen molar-refractivity contribution in [1.82, 2.24) is 10.3 Å². The maximum Gasteiger partial charge on any atom is 0.0849 e. The van der Waals surface area contributed by atoms with Crippen LogP contribution in [0, 0.1) is 0 Å². The number of nitrogens with zero attached hydrogens (tertiary/aromatic N) is 1. The molecule has 0 saturated carbocycles. The third-order valence-corrected chi connectivity index (χ3v) is 4.41. The lowest BCUT2D eigenvalue weighted by molar-refractivity contribution is -0.0882. The SMILES string of the molecule is CNC(c1cncc2ccccc12)C1(C)CCCCO1. The first-order valence-electron chi connectivity index (χ1n) is 7.38. The van der Waals surface area contributed by atoms with E-state index < -0.39 is 0 Å².